The van der Waals surface area contributed by atoms with E-state index >= 15 is 0 Å². The van der Waals surface area contributed by atoms with Crippen LogP contribution in [0.15, 0.2) is 36.4 Å². The smallest absolute Gasteiger partial charge is 0.328 e. The third-order valence-electron chi connectivity index (χ3n) is 2.68. The van der Waals surface area contributed by atoms with Crippen molar-refractivity contribution in [2.75, 3.05) is 6.61 Å². The van der Waals surface area contributed by atoms with Crippen LogP contribution in [-0.4, -0.2) is 44.9 Å². The van der Waals surface area contributed by atoms with Crippen LogP contribution in [0.4, 0.5) is 0 Å². The Labute approximate surface area is 114 Å². The van der Waals surface area contributed by atoms with Crippen molar-refractivity contribution < 1.29 is 19.8 Å². The van der Waals surface area contributed by atoms with Crippen LogP contribution in [-0.2, 0) is 4.79 Å². The summed E-state index contributed by atoms with van der Waals surface area (Å²) in [4.78, 5) is 22.5. The fourth-order valence-electron chi connectivity index (χ4n) is 1.62. The van der Waals surface area contributed by atoms with Gasteiger partial charge in [-0.25, -0.2) is 4.79 Å². The van der Waals surface area contributed by atoms with Gasteiger partial charge in [0.15, 0.2) is 6.04 Å². The number of aromatic amines is 1. The minimum Gasteiger partial charge on any atom is -0.480 e. The number of H-pyrrole nitrogens is 1. The summed E-state index contributed by atoms with van der Waals surface area (Å²) < 4.78 is 0. The molecule has 7 nitrogen and oxygen atoms in total. The second kappa shape index (κ2) is 5.98. The van der Waals surface area contributed by atoms with E-state index in [1.807, 2.05) is 30.3 Å². The molecular formula is C13H13N3O4. The summed E-state index contributed by atoms with van der Waals surface area (Å²) in [6.07, 6.45) is 0. The molecule has 7 heteroatoms. The Morgan fingerprint density at radius 3 is 2.60 bits per heavy atom. The molecule has 2 aromatic rings. The van der Waals surface area contributed by atoms with Crippen molar-refractivity contribution in [1.29, 1.82) is 0 Å². The zero-order chi connectivity index (χ0) is 14.5. The number of carbonyl (C=O) groups is 2. The molecule has 0 fully saturated rings. The van der Waals surface area contributed by atoms with E-state index in [2.05, 4.69) is 15.5 Å². The predicted octanol–water partition coefficient (Wildman–Crippen LogP) is 0.252. The van der Waals surface area contributed by atoms with Crippen LogP contribution >= 0.6 is 0 Å². The number of hydrogen-bond donors (Lipinski definition) is 4. The Kier molecular flexibility index (Phi) is 4.11. The first-order valence-corrected chi connectivity index (χ1v) is 5.87. The topological polar surface area (TPSA) is 115 Å². The number of carboxylic acid groups (broad SMARTS) is 1. The van der Waals surface area contributed by atoms with Crippen molar-refractivity contribution in [3.8, 4) is 11.3 Å². The standard InChI is InChI=1S/C13H13N3O4/c17-7-11(13(19)20)14-12(18)10-6-9(15-16-10)8-4-2-1-3-5-8/h1-6,11,17H,7H2,(H,14,18)(H,15,16)(H,19,20)/t11-/m1/s1. The van der Waals surface area contributed by atoms with E-state index in [0.717, 1.165) is 5.56 Å². The normalized spacial score (nSPS) is 11.8. The fraction of sp³-hybridized carbons (Fsp3) is 0.154. The first kappa shape index (κ1) is 13.8. The zero-order valence-electron chi connectivity index (χ0n) is 10.4. The van der Waals surface area contributed by atoms with Crippen LogP contribution < -0.4 is 5.32 Å². The lowest BCUT2D eigenvalue weighted by atomic mass is 10.1. The van der Waals surface area contributed by atoms with E-state index in [9.17, 15) is 9.59 Å². The van der Waals surface area contributed by atoms with Crippen molar-refractivity contribution in [2.24, 2.45) is 0 Å². The molecule has 1 heterocycles. The van der Waals surface area contributed by atoms with E-state index in [-0.39, 0.29) is 5.69 Å². The van der Waals surface area contributed by atoms with E-state index < -0.39 is 24.5 Å². The minimum atomic E-state index is -1.34. The molecule has 0 saturated heterocycles. The van der Waals surface area contributed by atoms with Crippen LogP contribution in [0.1, 0.15) is 10.5 Å². The summed E-state index contributed by atoms with van der Waals surface area (Å²) in [6, 6.07) is 9.40. The molecule has 0 aliphatic heterocycles. The van der Waals surface area contributed by atoms with Gasteiger partial charge in [-0.1, -0.05) is 30.3 Å². The SMILES string of the molecule is O=C(N[C@H](CO)C(=O)O)c1cc(-c2ccccc2)n[nH]1. The molecule has 1 aromatic carbocycles. The lowest BCUT2D eigenvalue weighted by Crippen LogP contribution is -2.43. The molecule has 0 spiro atoms. The lowest BCUT2D eigenvalue weighted by Gasteiger charge is -2.09. The molecule has 0 aliphatic carbocycles. The number of nitrogens with zero attached hydrogens (tertiary/aromatic N) is 1. The highest BCUT2D eigenvalue weighted by Crippen LogP contribution is 2.16. The quantitative estimate of drug-likeness (QED) is 0.624. The highest BCUT2D eigenvalue weighted by Gasteiger charge is 2.20. The van der Waals surface area contributed by atoms with Gasteiger partial charge in [0, 0.05) is 5.56 Å². The monoisotopic (exact) mass is 275 g/mol. The number of benzene rings is 1. The van der Waals surface area contributed by atoms with Gasteiger partial charge >= 0.3 is 5.97 Å². The van der Waals surface area contributed by atoms with Crippen molar-refractivity contribution in [3.63, 3.8) is 0 Å². The molecule has 0 unspecified atom stereocenters. The van der Waals surface area contributed by atoms with Crippen molar-refractivity contribution >= 4 is 11.9 Å². The van der Waals surface area contributed by atoms with Crippen molar-refractivity contribution in [1.82, 2.24) is 15.5 Å². The van der Waals surface area contributed by atoms with Crippen LogP contribution in [0.5, 0.6) is 0 Å². The van der Waals surface area contributed by atoms with Gasteiger partial charge in [-0.05, 0) is 6.07 Å². The maximum absolute atomic E-state index is 11.8. The number of aliphatic hydroxyl groups is 1. The van der Waals surface area contributed by atoms with Crippen LogP contribution in [0.2, 0.25) is 0 Å². The first-order valence-electron chi connectivity index (χ1n) is 5.87. The Bertz CT molecular complexity index is 609. The molecule has 1 atom stereocenters. The minimum absolute atomic E-state index is 0.128. The molecule has 0 radical (unpaired) electrons. The number of aromatic nitrogens is 2. The summed E-state index contributed by atoms with van der Waals surface area (Å²) in [5.74, 6) is -1.94. The number of carbonyl (C=O) groups excluding carboxylic acids is 1. The maximum Gasteiger partial charge on any atom is 0.328 e. The number of nitrogens with one attached hydrogen (secondary N) is 2. The molecule has 0 bridgehead atoms. The van der Waals surface area contributed by atoms with Gasteiger partial charge in [0.25, 0.3) is 5.91 Å². The van der Waals surface area contributed by atoms with Crippen LogP contribution in [0.3, 0.4) is 0 Å². The largest absolute Gasteiger partial charge is 0.480 e. The highest BCUT2D eigenvalue weighted by atomic mass is 16.4. The van der Waals surface area contributed by atoms with E-state index in [1.54, 1.807) is 0 Å². The Morgan fingerprint density at radius 1 is 1.30 bits per heavy atom. The van der Waals surface area contributed by atoms with Gasteiger partial charge in [0.05, 0.1) is 12.3 Å². The molecular weight excluding hydrogens is 262 g/mol. The number of amides is 1. The lowest BCUT2D eigenvalue weighted by molar-refractivity contribution is -0.140. The molecule has 0 aliphatic rings. The molecule has 104 valence electrons. The van der Waals surface area contributed by atoms with Gasteiger partial charge in [-0.3, -0.25) is 9.89 Å². The fourth-order valence-corrected chi connectivity index (χ4v) is 1.62. The molecule has 4 N–H and O–H groups in total. The van der Waals surface area contributed by atoms with Crippen LogP contribution in [0, 0.1) is 0 Å². The van der Waals surface area contributed by atoms with Gasteiger partial charge in [0.2, 0.25) is 0 Å². The van der Waals surface area contributed by atoms with Crippen molar-refractivity contribution in [3.05, 3.63) is 42.1 Å². The summed E-state index contributed by atoms with van der Waals surface area (Å²) in [5, 5.41) is 26.3. The summed E-state index contributed by atoms with van der Waals surface area (Å²) >= 11 is 0. The number of carboxylic acids is 1. The molecule has 20 heavy (non-hydrogen) atoms. The molecule has 2 rings (SSSR count). The zero-order valence-corrected chi connectivity index (χ0v) is 10.4. The molecule has 1 aromatic heterocycles. The third-order valence-corrected chi connectivity index (χ3v) is 2.68. The Balaban J connectivity index is 2.13. The van der Waals surface area contributed by atoms with Crippen LogP contribution in [0.25, 0.3) is 11.3 Å². The summed E-state index contributed by atoms with van der Waals surface area (Å²) in [6.45, 7) is -0.680. The van der Waals surface area contributed by atoms with Crippen molar-refractivity contribution in [2.45, 2.75) is 6.04 Å². The van der Waals surface area contributed by atoms with Gasteiger partial charge in [-0.15, -0.1) is 0 Å². The van der Waals surface area contributed by atoms with E-state index in [4.69, 9.17) is 10.2 Å². The van der Waals surface area contributed by atoms with Gasteiger partial charge in [-0.2, -0.15) is 5.10 Å². The maximum atomic E-state index is 11.8. The second-order valence-electron chi connectivity index (χ2n) is 4.08. The van der Waals surface area contributed by atoms with Gasteiger partial charge < -0.3 is 15.5 Å². The number of aliphatic hydroxyl groups excluding tert-OH is 1. The Hall–Kier alpha value is -2.67. The average Bonchev–Trinajstić information content (AvgIpc) is 2.95. The number of aliphatic carboxylic acids is 1. The second-order valence-corrected chi connectivity index (χ2v) is 4.08. The third kappa shape index (κ3) is 3.01. The Morgan fingerprint density at radius 2 is 2.00 bits per heavy atom. The van der Waals surface area contributed by atoms with Gasteiger partial charge in [0.1, 0.15) is 5.69 Å². The average molecular weight is 275 g/mol. The number of rotatable bonds is 5. The molecule has 1 amide bonds. The molecule has 0 saturated carbocycles. The predicted molar refractivity (Wildman–Crippen MR) is 70.0 cm³/mol. The number of hydrogen-bond acceptors (Lipinski definition) is 4. The highest BCUT2D eigenvalue weighted by molar-refractivity contribution is 5.95. The van der Waals surface area contributed by atoms with E-state index in [0.29, 0.717) is 5.69 Å². The first-order chi connectivity index (χ1) is 9.61. The van der Waals surface area contributed by atoms with E-state index in [1.165, 1.54) is 6.07 Å². The summed E-state index contributed by atoms with van der Waals surface area (Å²) in [7, 11) is 0. The summed E-state index contributed by atoms with van der Waals surface area (Å²) in [5.41, 5.74) is 1.54.